The van der Waals surface area contributed by atoms with Crippen molar-refractivity contribution in [2.24, 2.45) is 0 Å². The highest BCUT2D eigenvalue weighted by molar-refractivity contribution is 5.78. The number of aromatic nitrogens is 2. The van der Waals surface area contributed by atoms with Crippen LogP contribution in [0.4, 0.5) is 5.95 Å². The van der Waals surface area contributed by atoms with Crippen molar-refractivity contribution >= 4 is 17.0 Å². The maximum absolute atomic E-state index is 6.03. The molecule has 0 aliphatic heterocycles. The molecule has 1 aromatic heterocycles. The van der Waals surface area contributed by atoms with E-state index in [9.17, 15) is 0 Å². The Kier molecular flexibility index (Phi) is 4.10. The summed E-state index contributed by atoms with van der Waals surface area (Å²) in [6.45, 7) is 10.8. The Balaban J connectivity index is 2.19. The summed E-state index contributed by atoms with van der Waals surface area (Å²) >= 11 is 0. The first-order valence-electron chi connectivity index (χ1n) is 6.97. The minimum Gasteiger partial charge on any atom is -0.369 e. The number of hydrogen-bond acceptors (Lipinski definition) is 3. The number of para-hydroxylation sites is 2. The SMILES string of the molecule is CC(C)N(CCn1c(N)nc2ccccc21)C(C)C. The van der Waals surface area contributed by atoms with Crippen LogP contribution in [0.25, 0.3) is 11.0 Å². The van der Waals surface area contributed by atoms with Gasteiger partial charge in [-0.3, -0.25) is 4.90 Å². The van der Waals surface area contributed by atoms with Gasteiger partial charge in [-0.1, -0.05) is 12.1 Å². The first kappa shape index (κ1) is 13.9. The zero-order chi connectivity index (χ0) is 14.0. The highest BCUT2D eigenvalue weighted by Gasteiger charge is 2.14. The van der Waals surface area contributed by atoms with Gasteiger partial charge in [0.1, 0.15) is 0 Å². The van der Waals surface area contributed by atoms with Crippen LogP contribution in [0.2, 0.25) is 0 Å². The molecule has 19 heavy (non-hydrogen) atoms. The number of nitrogens with zero attached hydrogens (tertiary/aromatic N) is 3. The second-order valence-electron chi connectivity index (χ2n) is 5.54. The van der Waals surface area contributed by atoms with E-state index in [1.807, 2.05) is 18.2 Å². The van der Waals surface area contributed by atoms with Crippen LogP contribution in [-0.2, 0) is 6.54 Å². The van der Waals surface area contributed by atoms with Crippen LogP contribution in [0.5, 0.6) is 0 Å². The largest absolute Gasteiger partial charge is 0.369 e. The predicted octanol–water partition coefficient (Wildman–Crippen LogP) is 2.74. The third-order valence-electron chi connectivity index (χ3n) is 3.59. The second-order valence-corrected chi connectivity index (χ2v) is 5.54. The molecular weight excluding hydrogens is 236 g/mol. The third kappa shape index (κ3) is 2.89. The Morgan fingerprint density at radius 2 is 1.79 bits per heavy atom. The number of rotatable bonds is 5. The van der Waals surface area contributed by atoms with Crippen molar-refractivity contribution in [2.45, 2.75) is 46.3 Å². The van der Waals surface area contributed by atoms with Gasteiger partial charge in [-0.05, 0) is 39.8 Å². The van der Waals surface area contributed by atoms with Crippen molar-refractivity contribution in [1.29, 1.82) is 0 Å². The molecule has 0 bridgehead atoms. The van der Waals surface area contributed by atoms with Crippen molar-refractivity contribution in [3.05, 3.63) is 24.3 Å². The van der Waals surface area contributed by atoms with Crippen molar-refractivity contribution in [1.82, 2.24) is 14.5 Å². The number of nitrogens with two attached hydrogens (primary N) is 1. The molecule has 0 radical (unpaired) electrons. The number of nitrogen functional groups attached to an aromatic ring is 1. The van der Waals surface area contributed by atoms with E-state index in [2.05, 4.69) is 48.2 Å². The molecule has 0 amide bonds. The molecule has 0 saturated carbocycles. The lowest BCUT2D eigenvalue weighted by molar-refractivity contribution is 0.169. The Hall–Kier alpha value is -1.55. The molecule has 0 aliphatic carbocycles. The highest BCUT2D eigenvalue weighted by atomic mass is 15.2. The lowest BCUT2D eigenvalue weighted by atomic mass is 10.2. The Morgan fingerprint density at radius 3 is 2.42 bits per heavy atom. The van der Waals surface area contributed by atoms with Gasteiger partial charge in [0.05, 0.1) is 11.0 Å². The maximum Gasteiger partial charge on any atom is 0.201 e. The summed E-state index contributed by atoms with van der Waals surface area (Å²) in [5.74, 6) is 0.605. The van der Waals surface area contributed by atoms with Crippen molar-refractivity contribution < 1.29 is 0 Å². The lowest BCUT2D eigenvalue weighted by Gasteiger charge is -2.30. The fourth-order valence-corrected chi connectivity index (χ4v) is 2.66. The van der Waals surface area contributed by atoms with Crippen molar-refractivity contribution in [3.63, 3.8) is 0 Å². The predicted molar refractivity (Wildman–Crippen MR) is 81.1 cm³/mol. The highest BCUT2D eigenvalue weighted by Crippen LogP contribution is 2.17. The molecule has 2 rings (SSSR count). The summed E-state index contributed by atoms with van der Waals surface area (Å²) in [6.07, 6.45) is 0. The van der Waals surface area contributed by atoms with Crippen LogP contribution >= 0.6 is 0 Å². The minimum absolute atomic E-state index is 0.538. The van der Waals surface area contributed by atoms with Gasteiger partial charge in [0, 0.05) is 25.2 Å². The summed E-state index contributed by atoms with van der Waals surface area (Å²) < 4.78 is 2.10. The molecule has 0 unspecified atom stereocenters. The average Bonchev–Trinajstić information content (AvgIpc) is 2.65. The number of hydrogen-bond donors (Lipinski definition) is 1. The third-order valence-corrected chi connectivity index (χ3v) is 3.59. The van der Waals surface area contributed by atoms with Crippen LogP contribution in [0, 0.1) is 0 Å². The van der Waals surface area contributed by atoms with Gasteiger partial charge in [0.25, 0.3) is 0 Å². The van der Waals surface area contributed by atoms with Gasteiger partial charge in [0.2, 0.25) is 5.95 Å². The van der Waals surface area contributed by atoms with E-state index in [1.54, 1.807) is 0 Å². The van der Waals surface area contributed by atoms with E-state index in [1.165, 1.54) is 0 Å². The monoisotopic (exact) mass is 260 g/mol. The fourth-order valence-electron chi connectivity index (χ4n) is 2.66. The van der Waals surface area contributed by atoms with Gasteiger partial charge in [-0.25, -0.2) is 4.98 Å². The van der Waals surface area contributed by atoms with Crippen molar-refractivity contribution in [2.75, 3.05) is 12.3 Å². The zero-order valence-electron chi connectivity index (χ0n) is 12.3. The first-order valence-corrected chi connectivity index (χ1v) is 6.97. The van der Waals surface area contributed by atoms with E-state index in [4.69, 9.17) is 5.73 Å². The number of anilines is 1. The molecule has 0 atom stereocenters. The van der Waals surface area contributed by atoms with Gasteiger partial charge in [0.15, 0.2) is 0 Å². The molecule has 0 saturated heterocycles. The summed E-state index contributed by atoms with van der Waals surface area (Å²) in [4.78, 5) is 6.87. The summed E-state index contributed by atoms with van der Waals surface area (Å²) in [7, 11) is 0. The number of imidazole rings is 1. The summed E-state index contributed by atoms with van der Waals surface area (Å²) in [6, 6.07) is 9.18. The van der Waals surface area contributed by atoms with E-state index in [0.29, 0.717) is 18.0 Å². The molecule has 2 N–H and O–H groups in total. The number of benzene rings is 1. The molecule has 2 aromatic rings. The average molecular weight is 260 g/mol. The van der Waals surface area contributed by atoms with Crippen LogP contribution in [0.1, 0.15) is 27.7 Å². The molecule has 1 heterocycles. The van der Waals surface area contributed by atoms with Crippen LogP contribution in [0.3, 0.4) is 0 Å². The molecule has 0 aliphatic rings. The zero-order valence-corrected chi connectivity index (χ0v) is 12.3. The molecule has 4 heteroatoms. The molecule has 4 nitrogen and oxygen atoms in total. The molecule has 104 valence electrons. The van der Waals surface area contributed by atoms with Crippen molar-refractivity contribution in [3.8, 4) is 0 Å². The molecule has 0 fully saturated rings. The van der Waals surface area contributed by atoms with Crippen LogP contribution in [-0.4, -0.2) is 33.1 Å². The maximum atomic E-state index is 6.03. The van der Waals surface area contributed by atoms with Gasteiger partial charge in [-0.2, -0.15) is 0 Å². The normalized spacial score (nSPS) is 12.2. The Bertz CT molecular complexity index is 534. The van der Waals surface area contributed by atoms with Crippen LogP contribution < -0.4 is 5.73 Å². The fraction of sp³-hybridized carbons (Fsp3) is 0.533. The van der Waals surface area contributed by atoms with Gasteiger partial charge < -0.3 is 10.3 Å². The number of fused-ring (bicyclic) bond motifs is 1. The van der Waals surface area contributed by atoms with E-state index >= 15 is 0 Å². The van der Waals surface area contributed by atoms with E-state index in [-0.39, 0.29) is 0 Å². The van der Waals surface area contributed by atoms with Crippen LogP contribution in [0.15, 0.2) is 24.3 Å². The van der Waals surface area contributed by atoms with E-state index < -0.39 is 0 Å². The quantitative estimate of drug-likeness (QED) is 0.899. The lowest BCUT2D eigenvalue weighted by Crippen LogP contribution is -2.39. The molecule has 0 spiro atoms. The van der Waals surface area contributed by atoms with Gasteiger partial charge >= 0.3 is 0 Å². The summed E-state index contributed by atoms with van der Waals surface area (Å²) in [5, 5.41) is 0. The standard InChI is InChI=1S/C15H24N4/c1-11(2)18(12(3)4)9-10-19-14-8-6-5-7-13(14)17-15(19)16/h5-8,11-12H,9-10H2,1-4H3,(H2,16,17). The molecule has 1 aromatic carbocycles. The first-order chi connectivity index (χ1) is 9.00. The van der Waals surface area contributed by atoms with E-state index in [0.717, 1.165) is 24.1 Å². The van der Waals surface area contributed by atoms with Gasteiger partial charge in [-0.15, -0.1) is 0 Å². The second kappa shape index (κ2) is 5.61. The Labute approximate surface area is 115 Å². The smallest absolute Gasteiger partial charge is 0.201 e. The topological polar surface area (TPSA) is 47.1 Å². The summed E-state index contributed by atoms with van der Waals surface area (Å²) in [5.41, 5.74) is 8.12. The minimum atomic E-state index is 0.538. The Morgan fingerprint density at radius 1 is 1.16 bits per heavy atom. The molecular formula is C15H24N4.